The molecule has 0 saturated heterocycles. The summed E-state index contributed by atoms with van der Waals surface area (Å²) in [6.45, 7) is 2.55. The highest BCUT2D eigenvalue weighted by atomic mass is 16.5. The van der Waals surface area contributed by atoms with Gasteiger partial charge in [-0.15, -0.1) is 0 Å². The highest BCUT2D eigenvalue weighted by Crippen LogP contribution is 2.31. The first-order valence-corrected chi connectivity index (χ1v) is 6.96. The highest BCUT2D eigenvalue weighted by molar-refractivity contribution is 5.34. The zero-order valence-corrected chi connectivity index (χ0v) is 11.8. The summed E-state index contributed by atoms with van der Waals surface area (Å²) >= 11 is 0. The Hall–Kier alpha value is -1.84. The van der Waals surface area contributed by atoms with Crippen molar-refractivity contribution in [3.63, 3.8) is 0 Å². The van der Waals surface area contributed by atoms with Gasteiger partial charge in [-0.25, -0.2) is 0 Å². The van der Waals surface area contributed by atoms with Crippen molar-refractivity contribution in [2.45, 2.75) is 19.1 Å². The molecule has 1 atom stereocenters. The standard InChI is InChI=1S/C17H20N2O/c1-20-16-8-4-7-13(9-16)17(10-18)19-11-14-5-2-3-6-15(14)12-19/h2-9,17H,10-12,18H2,1H3. The Morgan fingerprint density at radius 2 is 1.80 bits per heavy atom. The molecule has 2 aromatic carbocycles. The molecule has 3 heteroatoms. The first-order valence-electron chi connectivity index (χ1n) is 6.96. The minimum atomic E-state index is 0.234. The van der Waals surface area contributed by atoms with E-state index in [1.807, 2.05) is 12.1 Å². The SMILES string of the molecule is COc1cccc(C(CN)N2Cc3ccccc3C2)c1. The van der Waals surface area contributed by atoms with Gasteiger partial charge in [0, 0.05) is 25.7 Å². The molecule has 104 valence electrons. The molecule has 0 spiro atoms. The number of benzene rings is 2. The fourth-order valence-electron chi connectivity index (χ4n) is 2.92. The Labute approximate surface area is 120 Å². The molecule has 1 aliphatic rings. The van der Waals surface area contributed by atoms with E-state index in [1.54, 1.807) is 7.11 Å². The zero-order chi connectivity index (χ0) is 13.9. The number of fused-ring (bicyclic) bond motifs is 1. The predicted octanol–water partition coefficient (Wildman–Crippen LogP) is 2.71. The molecule has 1 heterocycles. The Morgan fingerprint density at radius 3 is 2.40 bits per heavy atom. The second kappa shape index (κ2) is 5.65. The van der Waals surface area contributed by atoms with Crippen LogP contribution in [0.1, 0.15) is 22.7 Å². The maximum atomic E-state index is 6.03. The van der Waals surface area contributed by atoms with Crippen molar-refractivity contribution in [3.8, 4) is 5.75 Å². The molecule has 0 aromatic heterocycles. The average molecular weight is 268 g/mol. The number of nitrogens with two attached hydrogens (primary N) is 1. The van der Waals surface area contributed by atoms with Crippen LogP contribution in [0.15, 0.2) is 48.5 Å². The van der Waals surface area contributed by atoms with E-state index >= 15 is 0 Å². The summed E-state index contributed by atoms with van der Waals surface area (Å²) in [7, 11) is 1.70. The van der Waals surface area contributed by atoms with E-state index in [1.165, 1.54) is 16.7 Å². The molecule has 0 aliphatic carbocycles. The monoisotopic (exact) mass is 268 g/mol. The van der Waals surface area contributed by atoms with Gasteiger partial charge in [-0.3, -0.25) is 4.90 Å². The van der Waals surface area contributed by atoms with Crippen LogP contribution in [0.4, 0.5) is 0 Å². The predicted molar refractivity (Wildman–Crippen MR) is 80.5 cm³/mol. The third-order valence-electron chi connectivity index (χ3n) is 4.01. The first kappa shape index (κ1) is 13.2. The zero-order valence-electron chi connectivity index (χ0n) is 11.8. The van der Waals surface area contributed by atoms with Crippen LogP contribution in [0.2, 0.25) is 0 Å². The van der Waals surface area contributed by atoms with Crippen LogP contribution in [-0.2, 0) is 13.1 Å². The minimum absolute atomic E-state index is 0.234. The third kappa shape index (κ3) is 2.42. The van der Waals surface area contributed by atoms with Crippen molar-refractivity contribution in [1.29, 1.82) is 0 Å². The number of ether oxygens (including phenoxy) is 1. The molecular weight excluding hydrogens is 248 g/mol. The van der Waals surface area contributed by atoms with Crippen molar-refractivity contribution in [3.05, 3.63) is 65.2 Å². The van der Waals surface area contributed by atoms with Gasteiger partial charge in [0.2, 0.25) is 0 Å². The second-order valence-corrected chi connectivity index (χ2v) is 5.20. The smallest absolute Gasteiger partial charge is 0.119 e. The summed E-state index contributed by atoms with van der Waals surface area (Å²) in [6.07, 6.45) is 0. The van der Waals surface area contributed by atoms with E-state index < -0.39 is 0 Å². The fraction of sp³-hybridized carbons (Fsp3) is 0.294. The molecule has 3 nitrogen and oxygen atoms in total. The molecule has 20 heavy (non-hydrogen) atoms. The lowest BCUT2D eigenvalue weighted by molar-refractivity contribution is 0.205. The summed E-state index contributed by atoms with van der Waals surface area (Å²) < 4.78 is 5.31. The summed E-state index contributed by atoms with van der Waals surface area (Å²) in [4.78, 5) is 2.43. The largest absolute Gasteiger partial charge is 0.497 e. The van der Waals surface area contributed by atoms with Crippen LogP contribution in [0.25, 0.3) is 0 Å². The molecule has 1 unspecified atom stereocenters. The summed E-state index contributed by atoms with van der Waals surface area (Å²) in [5.74, 6) is 0.887. The molecule has 2 aromatic rings. The van der Waals surface area contributed by atoms with Crippen LogP contribution in [-0.4, -0.2) is 18.6 Å². The maximum Gasteiger partial charge on any atom is 0.119 e. The first-order chi connectivity index (χ1) is 9.81. The average Bonchev–Trinajstić information content (AvgIpc) is 2.91. The van der Waals surface area contributed by atoms with E-state index in [-0.39, 0.29) is 6.04 Å². The molecule has 0 radical (unpaired) electrons. The summed E-state index contributed by atoms with van der Waals surface area (Å²) in [6, 6.07) is 17.1. The number of nitrogens with zero attached hydrogens (tertiary/aromatic N) is 1. The van der Waals surface area contributed by atoms with Gasteiger partial charge in [-0.05, 0) is 28.8 Å². The van der Waals surface area contributed by atoms with Crippen LogP contribution in [0.3, 0.4) is 0 Å². The van der Waals surface area contributed by atoms with E-state index in [0.29, 0.717) is 6.54 Å². The molecule has 2 N–H and O–H groups in total. The summed E-state index contributed by atoms with van der Waals surface area (Å²) in [5, 5.41) is 0. The molecule has 3 rings (SSSR count). The van der Waals surface area contributed by atoms with Gasteiger partial charge in [-0.2, -0.15) is 0 Å². The van der Waals surface area contributed by atoms with Crippen molar-refractivity contribution in [2.75, 3.05) is 13.7 Å². The van der Waals surface area contributed by atoms with Gasteiger partial charge in [-0.1, -0.05) is 36.4 Å². The molecule has 0 bridgehead atoms. The van der Waals surface area contributed by atoms with Gasteiger partial charge < -0.3 is 10.5 Å². The number of hydrogen-bond acceptors (Lipinski definition) is 3. The normalized spacial score (nSPS) is 15.9. The fourth-order valence-corrected chi connectivity index (χ4v) is 2.92. The molecular formula is C17H20N2O. The Morgan fingerprint density at radius 1 is 1.10 bits per heavy atom. The lowest BCUT2D eigenvalue weighted by Crippen LogP contribution is -2.29. The van der Waals surface area contributed by atoms with Gasteiger partial charge in [0.25, 0.3) is 0 Å². The lowest BCUT2D eigenvalue weighted by Gasteiger charge is -2.27. The number of methoxy groups -OCH3 is 1. The van der Waals surface area contributed by atoms with Gasteiger partial charge in [0.05, 0.1) is 7.11 Å². The number of hydrogen-bond donors (Lipinski definition) is 1. The Kier molecular flexibility index (Phi) is 3.72. The molecule has 0 saturated carbocycles. The highest BCUT2D eigenvalue weighted by Gasteiger charge is 2.25. The number of rotatable bonds is 4. The Bertz CT molecular complexity index is 572. The third-order valence-corrected chi connectivity index (χ3v) is 4.01. The van der Waals surface area contributed by atoms with Crippen LogP contribution >= 0.6 is 0 Å². The van der Waals surface area contributed by atoms with Crippen LogP contribution < -0.4 is 10.5 Å². The molecule has 1 aliphatic heterocycles. The quantitative estimate of drug-likeness (QED) is 0.926. The lowest BCUT2D eigenvalue weighted by atomic mass is 10.1. The van der Waals surface area contributed by atoms with Gasteiger partial charge in [0.1, 0.15) is 5.75 Å². The molecule has 0 fully saturated rings. The van der Waals surface area contributed by atoms with Crippen molar-refractivity contribution in [1.82, 2.24) is 4.90 Å². The van der Waals surface area contributed by atoms with E-state index in [2.05, 4.69) is 41.3 Å². The Balaban J connectivity index is 1.85. The van der Waals surface area contributed by atoms with Crippen LogP contribution in [0, 0.1) is 0 Å². The van der Waals surface area contributed by atoms with Crippen LogP contribution in [0.5, 0.6) is 5.75 Å². The van der Waals surface area contributed by atoms with E-state index in [0.717, 1.165) is 18.8 Å². The molecule has 0 amide bonds. The topological polar surface area (TPSA) is 38.5 Å². The van der Waals surface area contributed by atoms with Gasteiger partial charge >= 0.3 is 0 Å². The van der Waals surface area contributed by atoms with Crippen molar-refractivity contribution in [2.24, 2.45) is 5.73 Å². The van der Waals surface area contributed by atoms with Gasteiger partial charge in [0.15, 0.2) is 0 Å². The summed E-state index contributed by atoms with van der Waals surface area (Å²) in [5.41, 5.74) is 10.1. The minimum Gasteiger partial charge on any atom is -0.497 e. The van der Waals surface area contributed by atoms with Crippen molar-refractivity contribution < 1.29 is 4.74 Å². The van der Waals surface area contributed by atoms with E-state index in [9.17, 15) is 0 Å². The second-order valence-electron chi connectivity index (χ2n) is 5.20. The maximum absolute atomic E-state index is 6.03. The van der Waals surface area contributed by atoms with E-state index in [4.69, 9.17) is 10.5 Å². The van der Waals surface area contributed by atoms with Crippen molar-refractivity contribution >= 4 is 0 Å².